The highest BCUT2D eigenvalue weighted by atomic mass is 79.9. The fourth-order valence-electron chi connectivity index (χ4n) is 2.73. The first-order valence-electron chi connectivity index (χ1n) is 9.05. The van der Waals surface area contributed by atoms with Crippen molar-refractivity contribution in [3.63, 3.8) is 0 Å². The summed E-state index contributed by atoms with van der Waals surface area (Å²) < 4.78 is 22.7. The molecule has 0 atom stereocenters. The summed E-state index contributed by atoms with van der Waals surface area (Å²) in [5, 5.41) is 4.79. The molecule has 0 saturated carbocycles. The average molecular weight is 461 g/mol. The van der Waals surface area contributed by atoms with Gasteiger partial charge in [-0.1, -0.05) is 0 Å². The minimum Gasteiger partial charge on any atom is -0.494 e. The summed E-state index contributed by atoms with van der Waals surface area (Å²) in [5.74, 6) is 1.62. The van der Waals surface area contributed by atoms with Crippen molar-refractivity contribution >= 4 is 39.0 Å². The molecule has 7 nitrogen and oxygen atoms in total. The molecule has 0 aliphatic carbocycles. The van der Waals surface area contributed by atoms with Crippen LogP contribution in [0.25, 0.3) is 11.0 Å². The van der Waals surface area contributed by atoms with Crippen molar-refractivity contribution in [3.05, 3.63) is 52.2 Å². The average Bonchev–Trinajstić information content (AvgIpc) is 3.12. The molecule has 1 heterocycles. The van der Waals surface area contributed by atoms with E-state index in [2.05, 4.69) is 26.5 Å². The van der Waals surface area contributed by atoms with Gasteiger partial charge in [-0.15, -0.1) is 0 Å². The Labute approximate surface area is 176 Å². The Morgan fingerprint density at radius 1 is 1.17 bits per heavy atom. The van der Waals surface area contributed by atoms with E-state index in [1.165, 1.54) is 6.21 Å². The van der Waals surface area contributed by atoms with Gasteiger partial charge in [-0.25, -0.2) is 5.43 Å². The summed E-state index contributed by atoms with van der Waals surface area (Å²) in [4.78, 5) is 12.3. The Morgan fingerprint density at radius 3 is 2.69 bits per heavy atom. The van der Waals surface area contributed by atoms with E-state index in [0.29, 0.717) is 30.3 Å². The topological polar surface area (TPSA) is 82.3 Å². The normalized spacial score (nSPS) is 11.0. The van der Waals surface area contributed by atoms with E-state index in [-0.39, 0.29) is 5.76 Å². The number of nitrogens with one attached hydrogen (secondary N) is 1. The number of carbonyl (C=O) groups excluding carboxylic acids is 1. The van der Waals surface area contributed by atoms with E-state index in [4.69, 9.17) is 18.6 Å². The first kappa shape index (κ1) is 20.7. The number of methoxy groups -OCH3 is 1. The number of fused-ring (bicyclic) bond motifs is 1. The SMILES string of the molecule is CCOc1ccc2oc(C(=O)N/N=C/c3cc(Br)c(OC)c(OCC)c3)cc2c1. The predicted octanol–water partition coefficient (Wildman–Crippen LogP) is 4.77. The molecule has 3 rings (SSSR count). The Hall–Kier alpha value is -3.00. The number of rotatable bonds is 8. The molecule has 8 heteroatoms. The van der Waals surface area contributed by atoms with Crippen molar-refractivity contribution in [2.75, 3.05) is 20.3 Å². The number of amides is 1. The van der Waals surface area contributed by atoms with Gasteiger partial charge in [-0.2, -0.15) is 5.10 Å². The summed E-state index contributed by atoms with van der Waals surface area (Å²) in [6.07, 6.45) is 1.51. The standard InChI is InChI=1S/C21H21BrN2O5/c1-4-27-15-6-7-17-14(10-15)11-19(29-17)21(25)24-23-12-13-8-16(22)20(26-3)18(9-13)28-5-2/h6-12H,4-5H2,1-3H3,(H,24,25)/b23-12+. The zero-order valence-electron chi connectivity index (χ0n) is 16.3. The Kier molecular flexibility index (Phi) is 6.77. The number of hydrogen-bond donors (Lipinski definition) is 1. The van der Waals surface area contributed by atoms with Gasteiger partial charge in [-0.05, 0) is 71.7 Å². The molecular formula is C21H21BrN2O5. The first-order valence-corrected chi connectivity index (χ1v) is 9.85. The second kappa shape index (κ2) is 9.47. The van der Waals surface area contributed by atoms with Gasteiger partial charge in [0.25, 0.3) is 0 Å². The monoisotopic (exact) mass is 460 g/mol. The van der Waals surface area contributed by atoms with E-state index in [1.807, 2.05) is 26.0 Å². The molecule has 3 aromatic rings. The number of ether oxygens (including phenoxy) is 3. The van der Waals surface area contributed by atoms with Crippen LogP contribution < -0.4 is 19.6 Å². The summed E-state index contributed by atoms with van der Waals surface area (Å²) in [6, 6.07) is 10.6. The van der Waals surface area contributed by atoms with E-state index < -0.39 is 5.91 Å². The second-order valence-electron chi connectivity index (χ2n) is 5.91. The molecule has 0 radical (unpaired) electrons. The number of carbonyl (C=O) groups is 1. The van der Waals surface area contributed by atoms with Crippen molar-refractivity contribution in [2.45, 2.75) is 13.8 Å². The minimum atomic E-state index is -0.451. The maximum Gasteiger partial charge on any atom is 0.307 e. The highest BCUT2D eigenvalue weighted by Gasteiger charge is 2.13. The lowest BCUT2D eigenvalue weighted by Gasteiger charge is -2.11. The Morgan fingerprint density at radius 2 is 1.97 bits per heavy atom. The van der Waals surface area contributed by atoms with E-state index in [9.17, 15) is 4.79 Å². The van der Waals surface area contributed by atoms with Crippen LogP contribution >= 0.6 is 15.9 Å². The lowest BCUT2D eigenvalue weighted by atomic mass is 10.2. The van der Waals surface area contributed by atoms with Crippen LogP contribution in [0.2, 0.25) is 0 Å². The second-order valence-corrected chi connectivity index (χ2v) is 6.76. The van der Waals surface area contributed by atoms with Gasteiger partial charge in [0, 0.05) is 5.39 Å². The molecule has 0 fully saturated rings. The van der Waals surface area contributed by atoms with Crippen LogP contribution in [0.1, 0.15) is 30.0 Å². The van der Waals surface area contributed by atoms with Crippen molar-refractivity contribution in [2.24, 2.45) is 5.10 Å². The van der Waals surface area contributed by atoms with Gasteiger partial charge >= 0.3 is 5.91 Å². The molecule has 0 aliphatic heterocycles. The lowest BCUT2D eigenvalue weighted by Crippen LogP contribution is -2.16. The van der Waals surface area contributed by atoms with E-state index in [1.54, 1.807) is 31.4 Å². The summed E-state index contributed by atoms with van der Waals surface area (Å²) in [5.41, 5.74) is 3.79. The zero-order chi connectivity index (χ0) is 20.8. The molecule has 29 heavy (non-hydrogen) atoms. The number of hydrogen-bond acceptors (Lipinski definition) is 6. The third-order valence-electron chi connectivity index (χ3n) is 3.94. The van der Waals surface area contributed by atoms with Crippen LogP contribution in [0.15, 0.2) is 50.4 Å². The zero-order valence-corrected chi connectivity index (χ0v) is 17.9. The number of furan rings is 1. The highest BCUT2D eigenvalue weighted by molar-refractivity contribution is 9.10. The maximum absolute atomic E-state index is 12.3. The molecule has 0 aliphatic rings. The van der Waals surface area contributed by atoms with Gasteiger partial charge in [0.05, 0.1) is 31.0 Å². The molecule has 0 saturated heterocycles. The first-order chi connectivity index (χ1) is 14.0. The number of hydrazone groups is 1. The van der Waals surface area contributed by atoms with Crippen LogP contribution in [-0.2, 0) is 0 Å². The molecule has 2 aromatic carbocycles. The third kappa shape index (κ3) is 4.89. The summed E-state index contributed by atoms with van der Waals surface area (Å²) >= 11 is 3.44. The maximum atomic E-state index is 12.3. The molecule has 0 unspecified atom stereocenters. The fraction of sp³-hybridized carbons (Fsp3) is 0.238. The van der Waals surface area contributed by atoms with Crippen molar-refractivity contribution in [1.82, 2.24) is 5.43 Å². The van der Waals surface area contributed by atoms with Crippen molar-refractivity contribution in [3.8, 4) is 17.2 Å². The molecule has 0 bridgehead atoms. The summed E-state index contributed by atoms with van der Waals surface area (Å²) in [6.45, 7) is 4.86. The quantitative estimate of drug-likeness (QED) is 0.386. The van der Waals surface area contributed by atoms with Crippen LogP contribution in [-0.4, -0.2) is 32.4 Å². The van der Waals surface area contributed by atoms with Gasteiger partial charge in [0.1, 0.15) is 11.3 Å². The van der Waals surface area contributed by atoms with E-state index >= 15 is 0 Å². The molecule has 0 spiro atoms. The number of nitrogens with zero attached hydrogens (tertiary/aromatic N) is 1. The Bertz CT molecular complexity index is 1040. The third-order valence-corrected chi connectivity index (χ3v) is 4.53. The predicted molar refractivity (Wildman–Crippen MR) is 114 cm³/mol. The number of halogens is 1. The molecule has 152 valence electrons. The van der Waals surface area contributed by atoms with Gasteiger partial charge in [0.15, 0.2) is 17.3 Å². The van der Waals surface area contributed by atoms with Crippen molar-refractivity contribution in [1.29, 1.82) is 0 Å². The van der Waals surface area contributed by atoms with Crippen LogP contribution in [0.4, 0.5) is 0 Å². The fourth-order valence-corrected chi connectivity index (χ4v) is 3.36. The van der Waals surface area contributed by atoms with Crippen LogP contribution in [0.5, 0.6) is 17.2 Å². The summed E-state index contributed by atoms with van der Waals surface area (Å²) in [7, 11) is 1.57. The highest BCUT2D eigenvalue weighted by Crippen LogP contribution is 2.36. The lowest BCUT2D eigenvalue weighted by molar-refractivity contribution is 0.0929. The van der Waals surface area contributed by atoms with Crippen LogP contribution in [0, 0.1) is 0 Å². The largest absolute Gasteiger partial charge is 0.494 e. The van der Waals surface area contributed by atoms with Gasteiger partial charge < -0.3 is 18.6 Å². The molecule has 1 aromatic heterocycles. The van der Waals surface area contributed by atoms with E-state index in [0.717, 1.165) is 21.2 Å². The smallest absolute Gasteiger partial charge is 0.307 e. The Balaban J connectivity index is 1.73. The minimum absolute atomic E-state index is 0.164. The van der Waals surface area contributed by atoms with Gasteiger partial charge in [0.2, 0.25) is 0 Å². The molecule has 1 amide bonds. The molecular weight excluding hydrogens is 440 g/mol. The van der Waals surface area contributed by atoms with Crippen LogP contribution in [0.3, 0.4) is 0 Å². The van der Waals surface area contributed by atoms with Gasteiger partial charge in [-0.3, -0.25) is 4.79 Å². The van der Waals surface area contributed by atoms with Crippen molar-refractivity contribution < 1.29 is 23.4 Å². The molecule has 1 N–H and O–H groups in total. The number of benzene rings is 2.